The van der Waals surface area contributed by atoms with E-state index in [1.54, 1.807) is 0 Å². The molecule has 2 atom stereocenters. The maximum atomic E-state index is 6.15. The minimum Gasteiger partial charge on any atom is -0.355 e. The molecule has 0 spiro atoms. The fraction of sp³-hybridized carbons (Fsp3) is 0.400. The van der Waals surface area contributed by atoms with Crippen LogP contribution in [0.3, 0.4) is 0 Å². The van der Waals surface area contributed by atoms with E-state index in [0.717, 1.165) is 30.8 Å². The number of aromatic nitrogens is 1. The number of nitrogens with zero attached hydrogens (tertiary/aromatic N) is 2. The smallest absolute Gasteiger partial charge is 0.129 e. The van der Waals surface area contributed by atoms with Gasteiger partial charge in [-0.1, -0.05) is 25.1 Å². The van der Waals surface area contributed by atoms with Crippen molar-refractivity contribution in [1.82, 2.24) is 4.98 Å². The number of anilines is 1. The van der Waals surface area contributed by atoms with E-state index >= 15 is 0 Å². The Balaban J connectivity index is 1.90. The Hall–Kier alpha value is -1.61. The van der Waals surface area contributed by atoms with Crippen molar-refractivity contribution in [3.63, 3.8) is 0 Å². The molecular formula is C15H19N3. The van der Waals surface area contributed by atoms with Gasteiger partial charge in [0.05, 0.1) is 5.52 Å². The summed E-state index contributed by atoms with van der Waals surface area (Å²) in [6.07, 6.45) is 1.15. The van der Waals surface area contributed by atoms with Gasteiger partial charge in [0, 0.05) is 24.5 Å². The number of fused-ring (bicyclic) bond motifs is 1. The van der Waals surface area contributed by atoms with Crippen molar-refractivity contribution >= 4 is 16.7 Å². The van der Waals surface area contributed by atoms with Gasteiger partial charge in [-0.15, -0.1) is 0 Å². The number of pyridine rings is 1. The third-order valence-corrected chi connectivity index (χ3v) is 3.92. The zero-order chi connectivity index (χ0) is 12.5. The fourth-order valence-electron chi connectivity index (χ4n) is 2.54. The van der Waals surface area contributed by atoms with E-state index < -0.39 is 0 Å². The minimum atomic E-state index is 0.257. The van der Waals surface area contributed by atoms with Gasteiger partial charge in [-0.3, -0.25) is 0 Å². The first-order valence-electron chi connectivity index (χ1n) is 6.60. The summed E-state index contributed by atoms with van der Waals surface area (Å²) in [5.41, 5.74) is 7.21. The van der Waals surface area contributed by atoms with Gasteiger partial charge in [0.15, 0.2) is 0 Å². The van der Waals surface area contributed by atoms with Crippen molar-refractivity contribution in [3.05, 3.63) is 36.4 Å². The van der Waals surface area contributed by atoms with Crippen molar-refractivity contribution in [2.45, 2.75) is 19.4 Å². The third kappa shape index (κ3) is 2.06. The lowest BCUT2D eigenvalue weighted by atomic mass is 9.94. The Morgan fingerprint density at radius 2 is 2.06 bits per heavy atom. The molecule has 0 radical (unpaired) electrons. The monoisotopic (exact) mass is 241 g/mol. The number of benzene rings is 1. The van der Waals surface area contributed by atoms with Gasteiger partial charge < -0.3 is 10.6 Å². The van der Waals surface area contributed by atoms with Crippen LogP contribution in [0, 0.1) is 5.92 Å². The Morgan fingerprint density at radius 3 is 2.89 bits per heavy atom. The largest absolute Gasteiger partial charge is 0.355 e. The first-order valence-corrected chi connectivity index (χ1v) is 6.60. The quantitative estimate of drug-likeness (QED) is 0.833. The molecule has 1 aromatic carbocycles. The number of rotatable bonds is 1. The first kappa shape index (κ1) is 11.5. The lowest BCUT2D eigenvalue weighted by Crippen LogP contribution is -2.47. The number of para-hydroxylation sites is 1. The zero-order valence-electron chi connectivity index (χ0n) is 10.7. The molecule has 2 heterocycles. The highest BCUT2D eigenvalue weighted by atomic mass is 15.2. The van der Waals surface area contributed by atoms with Gasteiger partial charge >= 0.3 is 0 Å². The normalized spacial score (nSPS) is 24.4. The number of hydrogen-bond donors (Lipinski definition) is 1. The molecule has 3 heteroatoms. The van der Waals surface area contributed by atoms with Crippen LogP contribution in [0.25, 0.3) is 10.9 Å². The molecule has 3 rings (SSSR count). The number of hydrogen-bond acceptors (Lipinski definition) is 3. The lowest BCUT2D eigenvalue weighted by molar-refractivity contribution is 0.378. The first-order chi connectivity index (χ1) is 8.74. The Labute approximate surface area is 108 Å². The highest BCUT2D eigenvalue weighted by molar-refractivity contribution is 5.80. The van der Waals surface area contributed by atoms with Crippen molar-refractivity contribution in [2.75, 3.05) is 18.0 Å². The number of piperidine rings is 1. The molecule has 1 fully saturated rings. The van der Waals surface area contributed by atoms with Crippen molar-refractivity contribution in [1.29, 1.82) is 0 Å². The van der Waals surface area contributed by atoms with Crippen LogP contribution in [0.4, 0.5) is 5.82 Å². The van der Waals surface area contributed by atoms with Crippen LogP contribution in [0.2, 0.25) is 0 Å². The van der Waals surface area contributed by atoms with E-state index in [2.05, 4.69) is 36.1 Å². The SMILES string of the molecule is CC1CCN(c2ccc3ccccc3n2)CC1N. The summed E-state index contributed by atoms with van der Waals surface area (Å²) in [7, 11) is 0. The summed E-state index contributed by atoms with van der Waals surface area (Å²) in [5, 5.41) is 1.19. The molecule has 3 nitrogen and oxygen atoms in total. The van der Waals surface area contributed by atoms with Gasteiger partial charge in [0.1, 0.15) is 5.82 Å². The summed E-state index contributed by atoms with van der Waals surface area (Å²) in [5.74, 6) is 1.66. The predicted molar refractivity (Wildman–Crippen MR) is 75.7 cm³/mol. The van der Waals surface area contributed by atoms with Crippen molar-refractivity contribution in [2.24, 2.45) is 11.7 Å². The minimum absolute atomic E-state index is 0.257. The van der Waals surface area contributed by atoms with Crippen molar-refractivity contribution in [3.8, 4) is 0 Å². The Bertz CT molecular complexity index is 552. The highest BCUT2D eigenvalue weighted by Crippen LogP contribution is 2.23. The van der Waals surface area contributed by atoms with Crippen LogP contribution in [-0.2, 0) is 0 Å². The van der Waals surface area contributed by atoms with E-state index in [1.165, 1.54) is 5.39 Å². The molecule has 0 bridgehead atoms. The molecule has 0 saturated carbocycles. The summed E-state index contributed by atoms with van der Waals surface area (Å²) in [4.78, 5) is 7.03. The summed E-state index contributed by atoms with van der Waals surface area (Å²) in [6.45, 7) is 4.20. The van der Waals surface area contributed by atoms with Crippen LogP contribution in [0.15, 0.2) is 36.4 Å². The maximum absolute atomic E-state index is 6.15. The van der Waals surface area contributed by atoms with E-state index in [0.29, 0.717) is 5.92 Å². The van der Waals surface area contributed by atoms with Gasteiger partial charge in [0.2, 0.25) is 0 Å². The highest BCUT2D eigenvalue weighted by Gasteiger charge is 2.23. The molecule has 2 aromatic rings. The molecule has 2 unspecified atom stereocenters. The molecule has 0 aliphatic carbocycles. The maximum Gasteiger partial charge on any atom is 0.129 e. The fourth-order valence-corrected chi connectivity index (χ4v) is 2.54. The Morgan fingerprint density at radius 1 is 1.22 bits per heavy atom. The average molecular weight is 241 g/mol. The molecular weight excluding hydrogens is 222 g/mol. The van der Waals surface area contributed by atoms with E-state index in [4.69, 9.17) is 10.7 Å². The second-order valence-electron chi connectivity index (χ2n) is 5.24. The molecule has 2 N–H and O–H groups in total. The molecule has 18 heavy (non-hydrogen) atoms. The number of nitrogens with two attached hydrogens (primary N) is 1. The molecule has 1 saturated heterocycles. The van der Waals surface area contributed by atoms with Gasteiger partial charge in [0.25, 0.3) is 0 Å². The summed E-state index contributed by atoms with van der Waals surface area (Å²) >= 11 is 0. The topological polar surface area (TPSA) is 42.2 Å². The molecule has 0 amide bonds. The van der Waals surface area contributed by atoms with Crippen LogP contribution in [0.5, 0.6) is 0 Å². The second kappa shape index (κ2) is 4.58. The lowest BCUT2D eigenvalue weighted by Gasteiger charge is -2.35. The van der Waals surface area contributed by atoms with Crippen LogP contribution < -0.4 is 10.6 Å². The molecule has 1 aromatic heterocycles. The predicted octanol–water partition coefficient (Wildman–Crippen LogP) is 2.41. The average Bonchev–Trinajstić information content (AvgIpc) is 2.41. The summed E-state index contributed by atoms with van der Waals surface area (Å²) < 4.78 is 0. The van der Waals surface area contributed by atoms with Crippen LogP contribution in [0.1, 0.15) is 13.3 Å². The standard InChI is InChI=1S/C15H19N3/c1-11-8-9-18(10-13(11)16)15-7-6-12-4-2-3-5-14(12)17-15/h2-7,11,13H,8-10,16H2,1H3. The Kier molecular flexibility index (Phi) is 2.92. The molecule has 94 valence electrons. The van der Waals surface area contributed by atoms with Gasteiger partial charge in [-0.25, -0.2) is 4.98 Å². The van der Waals surface area contributed by atoms with E-state index in [1.807, 2.05) is 12.1 Å². The second-order valence-corrected chi connectivity index (χ2v) is 5.24. The summed E-state index contributed by atoms with van der Waals surface area (Å²) in [6, 6.07) is 12.7. The third-order valence-electron chi connectivity index (χ3n) is 3.92. The molecule has 1 aliphatic rings. The van der Waals surface area contributed by atoms with E-state index in [-0.39, 0.29) is 6.04 Å². The van der Waals surface area contributed by atoms with Crippen molar-refractivity contribution < 1.29 is 0 Å². The van der Waals surface area contributed by atoms with E-state index in [9.17, 15) is 0 Å². The van der Waals surface area contributed by atoms with Gasteiger partial charge in [-0.2, -0.15) is 0 Å². The van der Waals surface area contributed by atoms with Crippen LogP contribution in [-0.4, -0.2) is 24.1 Å². The zero-order valence-corrected chi connectivity index (χ0v) is 10.7. The molecule has 1 aliphatic heterocycles. The van der Waals surface area contributed by atoms with Gasteiger partial charge in [-0.05, 0) is 30.5 Å². The van der Waals surface area contributed by atoms with Crippen LogP contribution >= 0.6 is 0 Å².